The third kappa shape index (κ3) is 3.80. The monoisotopic (exact) mass is 208 g/mol. The molecule has 3 nitrogen and oxygen atoms in total. The summed E-state index contributed by atoms with van der Waals surface area (Å²) < 4.78 is 5.29. The van der Waals surface area contributed by atoms with E-state index in [0.717, 1.165) is 37.6 Å². The first-order chi connectivity index (χ1) is 7.25. The van der Waals surface area contributed by atoms with Gasteiger partial charge in [0.1, 0.15) is 0 Å². The maximum atomic E-state index is 5.88. The van der Waals surface area contributed by atoms with Crippen molar-refractivity contribution in [2.24, 2.45) is 0 Å². The Balaban J connectivity index is 2.40. The summed E-state index contributed by atoms with van der Waals surface area (Å²) in [5, 5.41) is 0. The van der Waals surface area contributed by atoms with Gasteiger partial charge in [-0.05, 0) is 25.5 Å². The van der Waals surface area contributed by atoms with Crippen LogP contribution in [0.3, 0.4) is 0 Å². The molecule has 0 fully saturated rings. The largest absolute Gasteiger partial charge is 0.397 e. The molecule has 0 saturated carbocycles. The Morgan fingerprint density at radius 1 is 1.33 bits per heavy atom. The van der Waals surface area contributed by atoms with E-state index in [2.05, 4.69) is 11.9 Å². The molecular formula is C12H20N2O. The third-order valence-corrected chi connectivity index (χ3v) is 2.33. The number of nitrogens with zero attached hydrogens (tertiary/aromatic N) is 1. The van der Waals surface area contributed by atoms with Gasteiger partial charge in [-0.25, -0.2) is 0 Å². The van der Waals surface area contributed by atoms with Crippen LogP contribution in [-0.4, -0.2) is 26.8 Å². The van der Waals surface area contributed by atoms with Crippen LogP contribution in [0.25, 0.3) is 0 Å². The van der Waals surface area contributed by atoms with Crippen LogP contribution in [0.5, 0.6) is 0 Å². The molecule has 0 spiro atoms. The van der Waals surface area contributed by atoms with Gasteiger partial charge in [0.05, 0.1) is 11.4 Å². The molecule has 0 aliphatic rings. The predicted molar refractivity (Wildman–Crippen MR) is 65.2 cm³/mol. The number of hydrogen-bond acceptors (Lipinski definition) is 3. The van der Waals surface area contributed by atoms with Gasteiger partial charge in [-0.15, -0.1) is 0 Å². The van der Waals surface area contributed by atoms with Crippen LogP contribution in [0, 0.1) is 0 Å². The minimum atomic E-state index is 0.789. The highest BCUT2D eigenvalue weighted by atomic mass is 16.5. The number of para-hydroxylation sites is 2. The number of nitrogen functional groups attached to an aromatic ring is 1. The Labute approximate surface area is 91.8 Å². The molecule has 0 aromatic heterocycles. The van der Waals surface area contributed by atoms with Crippen molar-refractivity contribution in [2.45, 2.75) is 13.3 Å². The highest BCUT2D eigenvalue weighted by molar-refractivity contribution is 5.66. The van der Waals surface area contributed by atoms with Gasteiger partial charge in [-0.3, -0.25) is 0 Å². The maximum absolute atomic E-state index is 5.88. The van der Waals surface area contributed by atoms with Crippen molar-refractivity contribution in [1.29, 1.82) is 0 Å². The second kappa shape index (κ2) is 6.30. The molecule has 15 heavy (non-hydrogen) atoms. The SMILES string of the molecule is CCOCCCN(C)c1ccccc1N. The van der Waals surface area contributed by atoms with Gasteiger partial charge in [0.2, 0.25) is 0 Å². The Hall–Kier alpha value is -1.22. The molecule has 3 heteroatoms. The molecule has 0 heterocycles. The number of rotatable bonds is 6. The lowest BCUT2D eigenvalue weighted by Crippen LogP contribution is -2.20. The highest BCUT2D eigenvalue weighted by Crippen LogP contribution is 2.20. The fraction of sp³-hybridized carbons (Fsp3) is 0.500. The fourth-order valence-corrected chi connectivity index (χ4v) is 1.50. The van der Waals surface area contributed by atoms with Crippen LogP contribution in [0.4, 0.5) is 11.4 Å². The zero-order valence-corrected chi connectivity index (χ0v) is 9.57. The third-order valence-electron chi connectivity index (χ3n) is 2.33. The van der Waals surface area contributed by atoms with Crippen molar-refractivity contribution in [3.63, 3.8) is 0 Å². The Bertz CT molecular complexity index is 289. The first-order valence-corrected chi connectivity index (χ1v) is 5.39. The van der Waals surface area contributed by atoms with Crippen LogP contribution >= 0.6 is 0 Å². The van der Waals surface area contributed by atoms with Crippen molar-refractivity contribution >= 4 is 11.4 Å². The van der Waals surface area contributed by atoms with Gasteiger partial charge in [-0.2, -0.15) is 0 Å². The number of hydrogen-bond donors (Lipinski definition) is 1. The second-order valence-corrected chi connectivity index (χ2v) is 3.53. The number of anilines is 2. The summed E-state index contributed by atoms with van der Waals surface area (Å²) in [5.41, 5.74) is 7.80. The Morgan fingerprint density at radius 2 is 2.07 bits per heavy atom. The topological polar surface area (TPSA) is 38.5 Å². The molecule has 0 bridgehead atoms. The molecule has 1 rings (SSSR count). The molecular weight excluding hydrogens is 188 g/mol. The lowest BCUT2D eigenvalue weighted by molar-refractivity contribution is 0.146. The van der Waals surface area contributed by atoms with Crippen LogP contribution in [-0.2, 0) is 4.74 Å². The van der Waals surface area contributed by atoms with E-state index in [1.54, 1.807) is 0 Å². The Morgan fingerprint density at radius 3 is 2.73 bits per heavy atom. The van der Waals surface area contributed by atoms with Gasteiger partial charge < -0.3 is 15.4 Å². The molecule has 0 aliphatic carbocycles. The zero-order chi connectivity index (χ0) is 11.1. The average Bonchev–Trinajstić information content (AvgIpc) is 2.25. The van der Waals surface area contributed by atoms with Gasteiger partial charge in [0.15, 0.2) is 0 Å². The summed E-state index contributed by atoms with van der Waals surface area (Å²) in [7, 11) is 2.05. The molecule has 1 aromatic carbocycles. The van der Waals surface area contributed by atoms with E-state index in [1.807, 2.05) is 31.2 Å². The normalized spacial score (nSPS) is 10.3. The highest BCUT2D eigenvalue weighted by Gasteiger charge is 2.03. The van der Waals surface area contributed by atoms with Crippen molar-refractivity contribution < 1.29 is 4.74 Å². The molecule has 0 atom stereocenters. The van der Waals surface area contributed by atoms with E-state index in [4.69, 9.17) is 10.5 Å². The molecule has 2 N–H and O–H groups in total. The predicted octanol–water partition coefficient (Wildman–Crippen LogP) is 2.13. The van der Waals surface area contributed by atoms with E-state index < -0.39 is 0 Å². The molecule has 0 saturated heterocycles. The van der Waals surface area contributed by atoms with Crippen molar-refractivity contribution in [2.75, 3.05) is 37.4 Å². The van der Waals surface area contributed by atoms with Crippen molar-refractivity contribution in [3.8, 4) is 0 Å². The number of benzene rings is 1. The summed E-state index contributed by atoms with van der Waals surface area (Å²) >= 11 is 0. The standard InChI is InChI=1S/C12H20N2O/c1-3-15-10-6-9-14(2)12-8-5-4-7-11(12)13/h4-5,7-8H,3,6,9-10,13H2,1-2H3. The van der Waals surface area contributed by atoms with Crippen LogP contribution in [0.2, 0.25) is 0 Å². The van der Waals surface area contributed by atoms with E-state index in [9.17, 15) is 0 Å². The molecule has 0 radical (unpaired) electrons. The van der Waals surface area contributed by atoms with Crippen LogP contribution in [0.1, 0.15) is 13.3 Å². The summed E-state index contributed by atoms with van der Waals surface area (Å²) in [4.78, 5) is 2.16. The molecule has 84 valence electrons. The summed E-state index contributed by atoms with van der Waals surface area (Å²) in [6.07, 6.45) is 1.03. The maximum Gasteiger partial charge on any atom is 0.0597 e. The molecule has 0 aliphatic heterocycles. The van der Waals surface area contributed by atoms with Gasteiger partial charge in [-0.1, -0.05) is 12.1 Å². The first-order valence-electron chi connectivity index (χ1n) is 5.39. The van der Waals surface area contributed by atoms with Gasteiger partial charge in [0.25, 0.3) is 0 Å². The van der Waals surface area contributed by atoms with E-state index in [-0.39, 0.29) is 0 Å². The summed E-state index contributed by atoms with van der Waals surface area (Å²) in [6.45, 7) is 4.58. The first kappa shape index (κ1) is 11.9. The van der Waals surface area contributed by atoms with Gasteiger partial charge in [0, 0.05) is 26.8 Å². The van der Waals surface area contributed by atoms with Crippen LogP contribution in [0.15, 0.2) is 24.3 Å². The lowest BCUT2D eigenvalue weighted by atomic mass is 10.2. The quantitative estimate of drug-likeness (QED) is 0.575. The molecule has 0 unspecified atom stereocenters. The van der Waals surface area contributed by atoms with Crippen molar-refractivity contribution in [1.82, 2.24) is 0 Å². The minimum Gasteiger partial charge on any atom is -0.397 e. The summed E-state index contributed by atoms with van der Waals surface area (Å²) in [5.74, 6) is 0. The minimum absolute atomic E-state index is 0.789. The molecule has 0 amide bonds. The van der Waals surface area contributed by atoms with E-state index in [1.165, 1.54) is 0 Å². The fourth-order valence-electron chi connectivity index (χ4n) is 1.50. The lowest BCUT2D eigenvalue weighted by Gasteiger charge is -2.20. The smallest absolute Gasteiger partial charge is 0.0597 e. The Kier molecular flexibility index (Phi) is 4.98. The van der Waals surface area contributed by atoms with E-state index >= 15 is 0 Å². The summed E-state index contributed by atoms with van der Waals surface area (Å²) in [6, 6.07) is 7.92. The zero-order valence-electron chi connectivity index (χ0n) is 9.57. The number of ether oxygens (including phenoxy) is 1. The number of nitrogens with two attached hydrogens (primary N) is 1. The van der Waals surface area contributed by atoms with Crippen molar-refractivity contribution in [3.05, 3.63) is 24.3 Å². The average molecular weight is 208 g/mol. The van der Waals surface area contributed by atoms with E-state index in [0.29, 0.717) is 0 Å². The van der Waals surface area contributed by atoms with Crippen LogP contribution < -0.4 is 10.6 Å². The second-order valence-electron chi connectivity index (χ2n) is 3.53. The molecule has 1 aromatic rings. The van der Waals surface area contributed by atoms with Gasteiger partial charge >= 0.3 is 0 Å².